The van der Waals surface area contributed by atoms with Gasteiger partial charge in [0, 0.05) is 5.39 Å². The quantitative estimate of drug-likeness (QED) is 0.793. The number of aryl methyl sites for hydroxylation is 1. The summed E-state index contributed by atoms with van der Waals surface area (Å²) in [7, 11) is 0. The number of carboxylic acids is 1. The second kappa shape index (κ2) is 3.62. The molecule has 2 rings (SSSR count). The fourth-order valence-electron chi connectivity index (χ4n) is 1.58. The number of carbonyl (C=O) groups is 1. The lowest BCUT2D eigenvalue weighted by Gasteiger charge is -1.93. The zero-order chi connectivity index (χ0) is 11.0. The molecule has 2 aromatic rings. The highest BCUT2D eigenvalue weighted by atomic mass is 32.2. The number of hydrogen-bond donors (Lipinski definition) is 1. The Hall–Kier alpha value is -1.42. The summed E-state index contributed by atoms with van der Waals surface area (Å²) in [4.78, 5) is 11.7. The van der Waals surface area contributed by atoms with Gasteiger partial charge in [-0.3, -0.25) is 0 Å². The molecule has 1 aromatic heterocycles. The fraction of sp³-hybridized carbons (Fsp3) is 0.182. The zero-order valence-electron chi connectivity index (χ0n) is 8.40. The van der Waals surface area contributed by atoms with Gasteiger partial charge in [-0.25, -0.2) is 4.79 Å². The second-order valence-electron chi connectivity index (χ2n) is 3.22. The number of fused-ring (bicyclic) bond motifs is 1. The van der Waals surface area contributed by atoms with Gasteiger partial charge in [-0.2, -0.15) is 0 Å². The SMILES string of the molecule is CSc1c(C(=O)O)oc2c(C)cccc12. The van der Waals surface area contributed by atoms with E-state index >= 15 is 0 Å². The van der Waals surface area contributed by atoms with E-state index in [1.54, 1.807) is 0 Å². The summed E-state index contributed by atoms with van der Waals surface area (Å²) in [5, 5.41) is 9.86. The van der Waals surface area contributed by atoms with Crippen LogP contribution in [0.1, 0.15) is 16.1 Å². The second-order valence-corrected chi connectivity index (χ2v) is 4.04. The number of benzene rings is 1. The Balaban J connectivity index is 2.84. The van der Waals surface area contributed by atoms with Gasteiger partial charge < -0.3 is 9.52 Å². The fourth-order valence-corrected chi connectivity index (χ4v) is 2.28. The van der Waals surface area contributed by atoms with Crippen molar-refractivity contribution in [3.63, 3.8) is 0 Å². The molecule has 0 aliphatic heterocycles. The van der Waals surface area contributed by atoms with E-state index in [0.717, 1.165) is 10.9 Å². The molecule has 0 unspecified atom stereocenters. The number of thioether (sulfide) groups is 1. The van der Waals surface area contributed by atoms with Crippen molar-refractivity contribution in [2.75, 3.05) is 6.26 Å². The minimum atomic E-state index is -1.02. The van der Waals surface area contributed by atoms with Crippen molar-refractivity contribution in [3.05, 3.63) is 29.5 Å². The minimum absolute atomic E-state index is 0.0341. The molecular formula is C11H10O3S. The van der Waals surface area contributed by atoms with Crippen LogP contribution in [0.5, 0.6) is 0 Å². The van der Waals surface area contributed by atoms with Gasteiger partial charge in [-0.1, -0.05) is 12.1 Å². The van der Waals surface area contributed by atoms with Crippen molar-refractivity contribution in [2.24, 2.45) is 0 Å². The van der Waals surface area contributed by atoms with Gasteiger partial charge in [0.15, 0.2) is 0 Å². The largest absolute Gasteiger partial charge is 0.475 e. The molecule has 4 heteroatoms. The first-order valence-corrected chi connectivity index (χ1v) is 5.67. The lowest BCUT2D eigenvalue weighted by atomic mass is 10.2. The molecule has 0 saturated heterocycles. The number of para-hydroxylation sites is 1. The maximum atomic E-state index is 11.0. The molecule has 1 heterocycles. The van der Waals surface area contributed by atoms with Crippen LogP contribution in [0, 0.1) is 6.92 Å². The highest BCUT2D eigenvalue weighted by Gasteiger charge is 2.19. The molecule has 0 saturated carbocycles. The van der Waals surface area contributed by atoms with Gasteiger partial charge in [0.2, 0.25) is 5.76 Å². The number of furan rings is 1. The predicted octanol–water partition coefficient (Wildman–Crippen LogP) is 3.16. The van der Waals surface area contributed by atoms with E-state index in [9.17, 15) is 4.79 Å². The number of hydrogen-bond acceptors (Lipinski definition) is 3. The Kier molecular flexibility index (Phi) is 2.44. The van der Waals surface area contributed by atoms with E-state index in [1.165, 1.54) is 11.8 Å². The van der Waals surface area contributed by atoms with E-state index in [-0.39, 0.29) is 5.76 Å². The molecular weight excluding hydrogens is 212 g/mol. The molecule has 0 aliphatic carbocycles. The Labute approximate surface area is 91.1 Å². The molecule has 0 bridgehead atoms. The van der Waals surface area contributed by atoms with Gasteiger partial charge in [0.25, 0.3) is 0 Å². The molecule has 15 heavy (non-hydrogen) atoms. The molecule has 0 fully saturated rings. The minimum Gasteiger partial charge on any atom is -0.475 e. The smallest absolute Gasteiger partial charge is 0.373 e. The molecule has 0 aliphatic rings. The molecule has 1 aromatic carbocycles. The van der Waals surface area contributed by atoms with Crippen LogP contribution < -0.4 is 0 Å². The lowest BCUT2D eigenvalue weighted by molar-refractivity contribution is 0.0660. The number of aromatic carboxylic acids is 1. The first-order chi connectivity index (χ1) is 7.15. The van der Waals surface area contributed by atoms with Gasteiger partial charge in [0.05, 0.1) is 4.90 Å². The average molecular weight is 222 g/mol. The van der Waals surface area contributed by atoms with Crippen molar-refractivity contribution in [1.29, 1.82) is 0 Å². The Morgan fingerprint density at radius 3 is 2.80 bits per heavy atom. The summed E-state index contributed by atoms with van der Waals surface area (Å²) in [5.41, 5.74) is 1.62. The molecule has 1 N–H and O–H groups in total. The molecule has 3 nitrogen and oxygen atoms in total. The van der Waals surface area contributed by atoms with Crippen molar-refractivity contribution in [2.45, 2.75) is 11.8 Å². The molecule has 0 radical (unpaired) electrons. The van der Waals surface area contributed by atoms with Crippen LogP contribution in [0.15, 0.2) is 27.5 Å². The first-order valence-electron chi connectivity index (χ1n) is 4.44. The van der Waals surface area contributed by atoms with Crippen LogP contribution in [0.4, 0.5) is 0 Å². The highest BCUT2D eigenvalue weighted by molar-refractivity contribution is 7.98. The Bertz CT molecular complexity index is 528. The van der Waals surface area contributed by atoms with Crippen LogP contribution >= 0.6 is 11.8 Å². The number of carboxylic acid groups (broad SMARTS) is 1. The lowest BCUT2D eigenvalue weighted by Crippen LogP contribution is -1.94. The maximum absolute atomic E-state index is 11.0. The molecule has 78 valence electrons. The summed E-state index contributed by atoms with van der Waals surface area (Å²) in [6.07, 6.45) is 1.85. The highest BCUT2D eigenvalue weighted by Crippen LogP contribution is 2.34. The van der Waals surface area contributed by atoms with Gasteiger partial charge in [-0.05, 0) is 24.8 Å². The van der Waals surface area contributed by atoms with Gasteiger partial charge >= 0.3 is 5.97 Å². The van der Waals surface area contributed by atoms with Crippen molar-refractivity contribution in [1.82, 2.24) is 0 Å². The van der Waals surface area contributed by atoms with Crippen molar-refractivity contribution >= 4 is 28.7 Å². The van der Waals surface area contributed by atoms with Gasteiger partial charge in [-0.15, -0.1) is 11.8 Å². The summed E-state index contributed by atoms with van der Waals surface area (Å²) in [6, 6.07) is 5.68. The molecule has 0 spiro atoms. The summed E-state index contributed by atoms with van der Waals surface area (Å²) >= 11 is 1.39. The van der Waals surface area contributed by atoms with E-state index in [1.807, 2.05) is 31.4 Å². The summed E-state index contributed by atoms with van der Waals surface area (Å²) < 4.78 is 5.36. The molecule has 0 atom stereocenters. The number of rotatable bonds is 2. The maximum Gasteiger partial charge on any atom is 0.373 e. The van der Waals surface area contributed by atoms with E-state index in [2.05, 4.69) is 0 Å². The third-order valence-corrected chi connectivity index (χ3v) is 3.08. The topological polar surface area (TPSA) is 50.4 Å². The van der Waals surface area contributed by atoms with Crippen LogP contribution in [-0.4, -0.2) is 17.3 Å². The average Bonchev–Trinajstić information content (AvgIpc) is 2.57. The van der Waals surface area contributed by atoms with Crippen molar-refractivity contribution < 1.29 is 14.3 Å². The van der Waals surface area contributed by atoms with Crippen LogP contribution in [0.2, 0.25) is 0 Å². The standard InChI is InChI=1S/C11H10O3S/c1-6-4-3-5-7-8(6)14-9(11(12)13)10(7)15-2/h3-5H,1-2H3,(H,12,13). The van der Waals surface area contributed by atoms with Crippen molar-refractivity contribution in [3.8, 4) is 0 Å². The predicted molar refractivity (Wildman–Crippen MR) is 59.7 cm³/mol. The summed E-state index contributed by atoms with van der Waals surface area (Å²) in [5.74, 6) is -0.984. The Morgan fingerprint density at radius 2 is 2.20 bits per heavy atom. The normalized spacial score (nSPS) is 10.8. The van der Waals surface area contributed by atoms with Gasteiger partial charge in [0.1, 0.15) is 5.58 Å². The first kappa shape index (κ1) is 10.1. The third-order valence-electron chi connectivity index (χ3n) is 2.27. The van der Waals surface area contributed by atoms with E-state index in [4.69, 9.17) is 9.52 Å². The monoisotopic (exact) mass is 222 g/mol. The van der Waals surface area contributed by atoms with Crippen LogP contribution in [-0.2, 0) is 0 Å². The van der Waals surface area contributed by atoms with E-state index < -0.39 is 5.97 Å². The third kappa shape index (κ3) is 1.51. The van der Waals surface area contributed by atoms with Crippen LogP contribution in [0.25, 0.3) is 11.0 Å². The molecule has 0 amide bonds. The summed E-state index contributed by atoms with van der Waals surface area (Å²) in [6.45, 7) is 1.90. The zero-order valence-corrected chi connectivity index (χ0v) is 9.22. The van der Waals surface area contributed by atoms with Crippen LogP contribution in [0.3, 0.4) is 0 Å². The Morgan fingerprint density at radius 1 is 1.47 bits per heavy atom. The van der Waals surface area contributed by atoms with E-state index in [0.29, 0.717) is 10.5 Å².